The molecule has 1 atom stereocenters. The van der Waals surface area contributed by atoms with Crippen LogP contribution >= 0.6 is 0 Å². The first kappa shape index (κ1) is 7.50. The largest absolute Gasteiger partial charge is 0.468 e. The molecule has 4 nitrogen and oxygen atoms in total. The molecule has 1 aliphatic rings. The van der Waals surface area contributed by atoms with E-state index in [1.165, 1.54) is 0 Å². The van der Waals surface area contributed by atoms with E-state index < -0.39 is 0 Å². The smallest absolute Gasteiger partial charge is 0.293 e. The van der Waals surface area contributed by atoms with Crippen LogP contribution in [0.1, 0.15) is 6.42 Å². The average molecular weight is 146 g/mol. The molecule has 58 valence electrons. The van der Waals surface area contributed by atoms with Gasteiger partial charge in [0.1, 0.15) is 0 Å². The van der Waals surface area contributed by atoms with Gasteiger partial charge in [-0.05, 0) is 6.42 Å². The molecule has 1 rings (SSSR count). The minimum atomic E-state index is 0.305. The molecule has 0 spiro atoms. The molecule has 1 unspecified atom stereocenters. The second-order valence-corrected chi connectivity index (χ2v) is 2.19. The Hall–Kier alpha value is -0.610. The SMILES string of the molecule is O=COCC1CCOOC1. The van der Waals surface area contributed by atoms with Gasteiger partial charge in [-0.1, -0.05) is 0 Å². The van der Waals surface area contributed by atoms with Crippen molar-refractivity contribution in [3.63, 3.8) is 0 Å². The highest BCUT2D eigenvalue weighted by atomic mass is 17.2. The van der Waals surface area contributed by atoms with Gasteiger partial charge in [0, 0.05) is 5.92 Å². The van der Waals surface area contributed by atoms with Crippen LogP contribution in [-0.2, 0) is 19.3 Å². The Morgan fingerprint density at radius 2 is 2.50 bits per heavy atom. The number of hydrogen-bond donors (Lipinski definition) is 0. The Labute approximate surface area is 59.0 Å². The quantitative estimate of drug-likeness (QED) is 0.419. The number of hydrogen-bond acceptors (Lipinski definition) is 4. The van der Waals surface area contributed by atoms with Crippen molar-refractivity contribution in [1.82, 2.24) is 0 Å². The Morgan fingerprint density at radius 1 is 1.60 bits per heavy atom. The molecule has 0 bridgehead atoms. The van der Waals surface area contributed by atoms with Crippen LogP contribution in [0, 0.1) is 5.92 Å². The number of ether oxygens (including phenoxy) is 1. The maximum absolute atomic E-state index is 9.75. The molecule has 1 saturated heterocycles. The fourth-order valence-corrected chi connectivity index (χ4v) is 0.808. The van der Waals surface area contributed by atoms with Crippen LogP contribution in [0.5, 0.6) is 0 Å². The number of carbonyl (C=O) groups excluding carboxylic acids is 1. The predicted octanol–water partition coefficient (Wildman–Crippen LogP) is 0.127. The number of rotatable bonds is 3. The fraction of sp³-hybridized carbons (Fsp3) is 0.833. The van der Waals surface area contributed by atoms with Crippen LogP contribution in [0.3, 0.4) is 0 Å². The molecule has 0 aliphatic carbocycles. The van der Waals surface area contributed by atoms with Crippen molar-refractivity contribution in [2.24, 2.45) is 5.92 Å². The Morgan fingerprint density at radius 3 is 3.10 bits per heavy atom. The summed E-state index contributed by atoms with van der Waals surface area (Å²) in [4.78, 5) is 19.1. The summed E-state index contributed by atoms with van der Waals surface area (Å²) in [6, 6.07) is 0. The predicted molar refractivity (Wildman–Crippen MR) is 32.0 cm³/mol. The lowest BCUT2D eigenvalue weighted by Gasteiger charge is -2.19. The maximum Gasteiger partial charge on any atom is 0.293 e. The van der Waals surface area contributed by atoms with Crippen LogP contribution in [0.4, 0.5) is 0 Å². The van der Waals surface area contributed by atoms with Gasteiger partial charge < -0.3 is 4.74 Å². The first-order valence-electron chi connectivity index (χ1n) is 3.23. The molecule has 4 heteroatoms. The molecular formula is C6H10O4. The average Bonchev–Trinajstić information content (AvgIpc) is 2.03. The molecule has 0 saturated carbocycles. The molecule has 0 amide bonds. The van der Waals surface area contributed by atoms with E-state index in [1.807, 2.05) is 0 Å². The lowest BCUT2D eigenvalue weighted by molar-refractivity contribution is -0.325. The van der Waals surface area contributed by atoms with Gasteiger partial charge >= 0.3 is 0 Å². The molecule has 0 aromatic rings. The molecule has 1 aliphatic heterocycles. The zero-order chi connectivity index (χ0) is 7.23. The van der Waals surface area contributed by atoms with Crippen molar-refractivity contribution in [2.75, 3.05) is 19.8 Å². The molecule has 0 aromatic heterocycles. The van der Waals surface area contributed by atoms with Crippen LogP contribution in [0.2, 0.25) is 0 Å². The van der Waals surface area contributed by atoms with Crippen molar-refractivity contribution in [2.45, 2.75) is 6.42 Å². The highest BCUT2D eigenvalue weighted by Gasteiger charge is 2.14. The normalized spacial score (nSPS) is 25.8. The Bertz CT molecular complexity index is 97.9. The molecular weight excluding hydrogens is 136 g/mol. The molecule has 0 radical (unpaired) electrons. The summed E-state index contributed by atoms with van der Waals surface area (Å²) in [6.07, 6.45) is 0.897. The van der Waals surface area contributed by atoms with Crippen molar-refractivity contribution < 1.29 is 19.3 Å². The molecule has 0 aromatic carbocycles. The second kappa shape index (κ2) is 4.24. The highest BCUT2D eigenvalue weighted by Crippen LogP contribution is 2.09. The van der Waals surface area contributed by atoms with Gasteiger partial charge in [0.05, 0.1) is 19.8 Å². The van der Waals surface area contributed by atoms with Crippen molar-refractivity contribution in [1.29, 1.82) is 0 Å². The fourth-order valence-electron chi connectivity index (χ4n) is 0.808. The monoisotopic (exact) mass is 146 g/mol. The standard InChI is InChI=1S/C6H10O4/c7-5-8-3-6-1-2-9-10-4-6/h5-6H,1-4H2. The Kier molecular flexibility index (Phi) is 3.18. The zero-order valence-electron chi connectivity index (χ0n) is 5.62. The van der Waals surface area contributed by atoms with Gasteiger partial charge in [-0.3, -0.25) is 4.79 Å². The number of carbonyl (C=O) groups is 1. The summed E-state index contributed by atoms with van der Waals surface area (Å²) >= 11 is 0. The summed E-state index contributed by atoms with van der Waals surface area (Å²) in [5.41, 5.74) is 0. The van der Waals surface area contributed by atoms with E-state index >= 15 is 0 Å². The van der Waals surface area contributed by atoms with E-state index in [0.29, 0.717) is 32.2 Å². The van der Waals surface area contributed by atoms with Crippen LogP contribution in [0.25, 0.3) is 0 Å². The molecule has 10 heavy (non-hydrogen) atoms. The first-order chi connectivity index (χ1) is 4.93. The van der Waals surface area contributed by atoms with Crippen molar-refractivity contribution in [3.8, 4) is 0 Å². The van der Waals surface area contributed by atoms with Crippen molar-refractivity contribution >= 4 is 6.47 Å². The summed E-state index contributed by atoms with van der Waals surface area (Å²) in [7, 11) is 0. The maximum atomic E-state index is 9.75. The summed E-state index contributed by atoms with van der Waals surface area (Å²) in [6.45, 7) is 2.00. The summed E-state index contributed by atoms with van der Waals surface area (Å²) in [5, 5.41) is 0. The van der Waals surface area contributed by atoms with E-state index in [2.05, 4.69) is 14.5 Å². The van der Waals surface area contributed by atoms with Crippen LogP contribution < -0.4 is 0 Å². The first-order valence-corrected chi connectivity index (χ1v) is 3.23. The third kappa shape index (κ3) is 2.33. The summed E-state index contributed by atoms with van der Waals surface area (Å²) in [5.74, 6) is 0.305. The highest BCUT2D eigenvalue weighted by molar-refractivity contribution is 5.36. The third-order valence-electron chi connectivity index (χ3n) is 1.40. The van der Waals surface area contributed by atoms with E-state index in [4.69, 9.17) is 0 Å². The zero-order valence-corrected chi connectivity index (χ0v) is 5.62. The van der Waals surface area contributed by atoms with Gasteiger partial charge in [-0.25, -0.2) is 9.78 Å². The van der Waals surface area contributed by atoms with E-state index in [0.717, 1.165) is 6.42 Å². The Balaban J connectivity index is 2.07. The lowest BCUT2D eigenvalue weighted by Crippen LogP contribution is -2.23. The minimum Gasteiger partial charge on any atom is -0.468 e. The van der Waals surface area contributed by atoms with Crippen molar-refractivity contribution in [3.05, 3.63) is 0 Å². The van der Waals surface area contributed by atoms with Gasteiger partial charge in [-0.2, -0.15) is 0 Å². The molecule has 1 fully saturated rings. The van der Waals surface area contributed by atoms with Crippen LogP contribution in [-0.4, -0.2) is 26.3 Å². The molecule has 0 N–H and O–H groups in total. The van der Waals surface area contributed by atoms with Gasteiger partial charge in [0.25, 0.3) is 6.47 Å². The second-order valence-electron chi connectivity index (χ2n) is 2.19. The minimum absolute atomic E-state index is 0.305. The molecule has 1 heterocycles. The van der Waals surface area contributed by atoms with Gasteiger partial charge in [-0.15, -0.1) is 0 Å². The van der Waals surface area contributed by atoms with E-state index in [9.17, 15) is 4.79 Å². The van der Waals surface area contributed by atoms with Gasteiger partial charge in [0.2, 0.25) is 0 Å². The summed E-state index contributed by atoms with van der Waals surface area (Å²) < 4.78 is 4.56. The topological polar surface area (TPSA) is 44.8 Å². The van der Waals surface area contributed by atoms with Crippen LogP contribution in [0.15, 0.2) is 0 Å². The van der Waals surface area contributed by atoms with Gasteiger partial charge in [0.15, 0.2) is 0 Å². The lowest BCUT2D eigenvalue weighted by atomic mass is 10.1. The van der Waals surface area contributed by atoms with E-state index in [1.54, 1.807) is 0 Å². The van der Waals surface area contributed by atoms with E-state index in [-0.39, 0.29) is 0 Å². The third-order valence-corrected chi connectivity index (χ3v) is 1.40.